The van der Waals surface area contributed by atoms with Crippen LogP contribution in [0.4, 0.5) is 10.5 Å². The minimum Gasteiger partial charge on any atom is -0.396 e. The minimum atomic E-state index is -0.183. The fraction of sp³-hybridized carbons (Fsp3) is 0.533. The normalized spacial score (nSPS) is 18.8. The van der Waals surface area contributed by atoms with Gasteiger partial charge in [-0.3, -0.25) is 0 Å². The Labute approximate surface area is 113 Å². The molecule has 1 fully saturated rings. The van der Waals surface area contributed by atoms with Crippen molar-refractivity contribution in [2.45, 2.75) is 32.1 Å². The van der Waals surface area contributed by atoms with E-state index in [-0.39, 0.29) is 18.1 Å². The lowest BCUT2D eigenvalue weighted by atomic mass is 10.1. The minimum absolute atomic E-state index is 0.0464. The summed E-state index contributed by atoms with van der Waals surface area (Å²) in [6.07, 6.45) is 5.48. The molecule has 4 heteroatoms. The molecule has 0 heterocycles. The van der Waals surface area contributed by atoms with Crippen molar-refractivity contribution < 1.29 is 9.90 Å². The molecular formula is C15H20N2O2. The first-order chi connectivity index (χ1) is 9.21. The summed E-state index contributed by atoms with van der Waals surface area (Å²) in [5.74, 6) is 0. The second-order valence-corrected chi connectivity index (χ2v) is 5.80. The molecule has 2 aliphatic rings. The van der Waals surface area contributed by atoms with Gasteiger partial charge in [0.1, 0.15) is 0 Å². The van der Waals surface area contributed by atoms with Gasteiger partial charge in [-0.1, -0.05) is 6.07 Å². The number of nitrogens with one attached hydrogen (secondary N) is 2. The van der Waals surface area contributed by atoms with Gasteiger partial charge in [0.15, 0.2) is 0 Å². The fourth-order valence-electron chi connectivity index (χ4n) is 2.66. The summed E-state index contributed by atoms with van der Waals surface area (Å²) in [7, 11) is 0. The van der Waals surface area contributed by atoms with Gasteiger partial charge in [-0.2, -0.15) is 0 Å². The molecule has 1 aromatic carbocycles. The van der Waals surface area contributed by atoms with E-state index in [0.717, 1.165) is 31.4 Å². The molecule has 0 unspecified atom stereocenters. The molecule has 1 aromatic rings. The Morgan fingerprint density at radius 3 is 2.79 bits per heavy atom. The topological polar surface area (TPSA) is 61.4 Å². The lowest BCUT2D eigenvalue weighted by Crippen LogP contribution is -2.35. The number of hydrogen-bond acceptors (Lipinski definition) is 2. The third-order valence-corrected chi connectivity index (χ3v) is 4.27. The average Bonchev–Trinajstić information content (AvgIpc) is 3.06. The number of carbonyl (C=O) groups is 1. The molecule has 1 saturated carbocycles. The highest BCUT2D eigenvalue weighted by molar-refractivity contribution is 5.89. The van der Waals surface area contributed by atoms with Crippen LogP contribution in [0.5, 0.6) is 0 Å². The number of aliphatic hydroxyl groups excluding tert-OH is 1. The molecule has 2 amide bonds. The fourth-order valence-corrected chi connectivity index (χ4v) is 2.66. The van der Waals surface area contributed by atoms with Gasteiger partial charge in [0.05, 0.1) is 6.61 Å². The zero-order valence-corrected chi connectivity index (χ0v) is 11.0. The molecule has 19 heavy (non-hydrogen) atoms. The molecule has 0 aliphatic heterocycles. The van der Waals surface area contributed by atoms with Gasteiger partial charge >= 0.3 is 6.03 Å². The van der Waals surface area contributed by atoms with Crippen molar-refractivity contribution in [3.8, 4) is 0 Å². The number of urea groups is 1. The first-order valence-electron chi connectivity index (χ1n) is 6.98. The summed E-state index contributed by atoms with van der Waals surface area (Å²) < 4.78 is 0. The van der Waals surface area contributed by atoms with Crippen molar-refractivity contribution in [3.05, 3.63) is 29.3 Å². The van der Waals surface area contributed by atoms with Crippen molar-refractivity contribution >= 4 is 11.7 Å². The van der Waals surface area contributed by atoms with E-state index in [0.29, 0.717) is 6.54 Å². The molecule has 0 atom stereocenters. The molecule has 0 aromatic heterocycles. The predicted molar refractivity (Wildman–Crippen MR) is 74.2 cm³/mol. The van der Waals surface area contributed by atoms with Crippen molar-refractivity contribution in [3.63, 3.8) is 0 Å². The second kappa shape index (κ2) is 4.85. The molecule has 102 valence electrons. The number of aryl methyl sites for hydroxylation is 2. The Balaban J connectivity index is 1.54. The third-order valence-electron chi connectivity index (χ3n) is 4.27. The number of rotatable bonds is 4. The van der Waals surface area contributed by atoms with Gasteiger partial charge in [0.25, 0.3) is 0 Å². The molecule has 3 N–H and O–H groups in total. The first kappa shape index (κ1) is 12.5. The zero-order valence-electron chi connectivity index (χ0n) is 11.0. The van der Waals surface area contributed by atoms with E-state index >= 15 is 0 Å². The second-order valence-electron chi connectivity index (χ2n) is 5.80. The highest BCUT2D eigenvalue weighted by Gasteiger charge is 2.42. The van der Waals surface area contributed by atoms with Crippen LogP contribution in [-0.2, 0) is 12.8 Å². The summed E-state index contributed by atoms with van der Waals surface area (Å²) in [4.78, 5) is 11.8. The monoisotopic (exact) mass is 260 g/mol. The van der Waals surface area contributed by atoms with Crippen LogP contribution in [0.3, 0.4) is 0 Å². The van der Waals surface area contributed by atoms with Gasteiger partial charge in [0, 0.05) is 17.6 Å². The highest BCUT2D eigenvalue weighted by atomic mass is 16.3. The Morgan fingerprint density at radius 1 is 1.26 bits per heavy atom. The number of anilines is 1. The van der Waals surface area contributed by atoms with E-state index in [1.807, 2.05) is 6.07 Å². The van der Waals surface area contributed by atoms with E-state index in [1.54, 1.807) is 0 Å². The molecule has 0 bridgehead atoms. The summed E-state index contributed by atoms with van der Waals surface area (Å²) >= 11 is 0. The van der Waals surface area contributed by atoms with Crippen LogP contribution in [0.2, 0.25) is 0 Å². The maximum Gasteiger partial charge on any atom is 0.319 e. The van der Waals surface area contributed by atoms with Crippen LogP contribution in [-0.4, -0.2) is 24.3 Å². The molecule has 4 nitrogen and oxygen atoms in total. The van der Waals surface area contributed by atoms with Gasteiger partial charge in [-0.05, 0) is 55.4 Å². The van der Waals surface area contributed by atoms with Gasteiger partial charge in [-0.15, -0.1) is 0 Å². The van der Waals surface area contributed by atoms with Crippen LogP contribution in [0.1, 0.15) is 30.4 Å². The van der Waals surface area contributed by atoms with E-state index in [9.17, 15) is 9.90 Å². The number of carbonyl (C=O) groups excluding carboxylic acids is 1. The molecule has 3 rings (SSSR count). The molecule has 0 saturated heterocycles. The van der Waals surface area contributed by atoms with Gasteiger partial charge in [-0.25, -0.2) is 4.79 Å². The Morgan fingerprint density at radius 2 is 2.05 bits per heavy atom. The molecule has 2 aliphatic carbocycles. The SMILES string of the molecule is O=C(NCC1(CO)CC1)Nc1ccc2c(c1)CCC2. The average molecular weight is 260 g/mol. The number of hydrogen-bond donors (Lipinski definition) is 3. The predicted octanol–water partition coefficient (Wildman–Crippen LogP) is 2.07. The summed E-state index contributed by atoms with van der Waals surface area (Å²) in [5, 5.41) is 14.9. The van der Waals surface area contributed by atoms with Crippen LogP contribution in [0.25, 0.3) is 0 Å². The van der Waals surface area contributed by atoms with Gasteiger partial charge < -0.3 is 15.7 Å². The van der Waals surface area contributed by atoms with Crippen LogP contribution in [0, 0.1) is 5.41 Å². The summed E-state index contributed by atoms with van der Waals surface area (Å²) in [6, 6.07) is 5.95. The maximum atomic E-state index is 11.8. The smallest absolute Gasteiger partial charge is 0.319 e. The van der Waals surface area contributed by atoms with Crippen LogP contribution < -0.4 is 10.6 Å². The highest BCUT2D eigenvalue weighted by Crippen LogP contribution is 2.44. The summed E-state index contributed by atoms with van der Waals surface area (Å²) in [6.45, 7) is 0.715. The van der Waals surface area contributed by atoms with E-state index in [2.05, 4.69) is 22.8 Å². The van der Waals surface area contributed by atoms with Crippen molar-refractivity contribution in [1.82, 2.24) is 5.32 Å². The Bertz CT molecular complexity index is 495. The number of fused-ring (bicyclic) bond motifs is 1. The molecule has 0 spiro atoms. The Hall–Kier alpha value is -1.55. The standard InChI is InChI=1S/C15H20N2O2/c18-10-15(6-7-15)9-16-14(19)17-13-5-4-11-2-1-3-12(11)8-13/h4-5,8,18H,1-3,6-7,9-10H2,(H2,16,17,19). The number of benzene rings is 1. The van der Waals surface area contributed by atoms with E-state index < -0.39 is 0 Å². The number of amides is 2. The zero-order chi connectivity index (χ0) is 13.3. The van der Waals surface area contributed by atoms with E-state index in [4.69, 9.17) is 0 Å². The lowest BCUT2D eigenvalue weighted by molar-refractivity contribution is 0.206. The Kier molecular flexibility index (Phi) is 3.19. The van der Waals surface area contributed by atoms with Crippen molar-refractivity contribution in [2.75, 3.05) is 18.5 Å². The van der Waals surface area contributed by atoms with Crippen LogP contribution in [0.15, 0.2) is 18.2 Å². The summed E-state index contributed by atoms with van der Waals surface area (Å²) in [5.41, 5.74) is 3.57. The third kappa shape index (κ3) is 2.73. The largest absolute Gasteiger partial charge is 0.396 e. The molecule has 0 radical (unpaired) electrons. The molecular weight excluding hydrogens is 240 g/mol. The van der Waals surface area contributed by atoms with Crippen LogP contribution >= 0.6 is 0 Å². The quantitative estimate of drug-likeness (QED) is 0.776. The number of aliphatic hydroxyl groups is 1. The maximum absolute atomic E-state index is 11.8. The van der Waals surface area contributed by atoms with E-state index in [1.165, 1.54) is 17.5 Å². The van der Waals surface area contributed by atoms with Gasteiger partial charge in [0.2, 0.25) is 0 Å². The van der Waals surface area contributed by atoms with Crippen molar-refractivity contribution in [2.24, 2.45) is 5.41 Å². The first-order valence-corrected chi connectivity index (χ1v) is 6.98. The lowest BCUT2D eigenvalue weighted by Gasteiger charge is -2.13. The van der Waals surface area contributed by atoms with Crippen molar-refractivity contribution in [1.29, 1.82) is 0 Å².